The van der Waals surface area contributed by atoms with Gasteiger partial charge in [-0.3, -0.25) is 4.79 Å². The van der Waals surface area contributed by atoms with Gasteiger partial charge in [0, 0.05) is 13.6 Å². The van der Waals surface area contributed by atoms with Crippen LogP contribution in [0.1, 0.15) is 22.8 Å². The van der Waals surface area contributed by atoms with Gasteiger partial charge >= 0.3 is 5.97 Å². The van der Waals surface area contributed by atoms with Gasteiger partial charge in [0.2, 0.25) is 0 Å². The third kappa shape index (κ3) is 5.45. The number of likely N-dealkylation sites (N-methyl/N-ethyl adjacent to an activating group) is 1. The van der Waals surface area contributed by atoms with Crippen molar-refractivity contribution in [2.75, 3.05) is 7.05 Å². The number of hydrogen-bond donors (Lipinski definition) is 0. The van der Waals surface area contributed by atoms with Crippen molar-refractivity contribution in [1.82, 2.24) is 4.90 Å². The largest absolute Gasteiger partial charge is 0.456 e. The number of hydrogen-bond acceptors (Lipinski definition) is 4. The molecule has 0 saturated carbocycles. The van der Waals surface area contributed by atoms with Gasteiger partial charge in [-0.15, -0.1) is 0 Å². The first kappa shape index (κ1) is 20.1. The maximum absolute atomic E-state index is 12.7. The normalized spacial score (nSPS) is 11.4. The number of carbonyl (C=O) groups excluding carboxylic acids is 2. The first-order valence-electron chi connectivity index (χ1n) is 9.36. The SMILES string of the molecule is C[C@H](OC(=O)c1ccccc1Oc1ccccc1)C(=O)N(C)Cc1ccccc1. The van der Waals surface area contributed by atoms with Gasteiger partial charge in [0.1, 0.15) is 17.1 Å². The summed E-state index contributed by atoms with van der Waals surface area (Å²) in [6, 6.07) is 25.6. The van der Waals surface area contributed by atoms with Gasteiger partial charge in [0.05, 0.1) is 0 Å². The zero-order chi connectivity index (χ0) is 20.6. The Morgan fingerprint density at radius 3 is 2.14 bits per heavy atom. The summed E-state index contributed by atoms with van der Waals surface area (Å²) >= 11 is 0. The molecule has 29 heavy (non-hydrogen) atoms. The number of benzene rings is 3. The lowest BCUT2D eigenvalue weighted by Crippen LogP contribution is -2.37. The third-order valence-electron chi connectivity index (χ3n) is 4.35. The number of para-hydroxylation sites is 2. The fourth-order valence-electron chi connectivity index (χ4n) is 2.86. The smallest absolute Gasteiger partial charge is 0.342 e. The fraction of sp³-hybridized carbons (Fsp3) is 0.167. The molecule has 0 aromatic heterocycles. The fourth-order valence-corrected chi connectivity index (χ4v) is 2.86. The number of amides is 1. The predicted octanol–water partition coefficient (Wildman–Crippen LogP) is 4.68. The molecule has 0 radical (unpaired) electrons. The highest BCUT2D eigenvalue weighted by atomic mass is 16.5. The maximum atomic E-state index is 12.7. The molecule has 0 bridgehead atoms. The van der Waals surface area contributed by atoms with Crippen LogP contribution in [0.5, 0.6) is 11.5 Å². The Morgan fingerprint density at radius 2 is 1.45 bits per heavy atom. The Kier molecular flexibility index (Phi) is 6.63. The first-order chi connectivity index (χ1) is 14.0. The van der Waals surface area contributed by atoms with E-state index in [2.05, 4.69) is 0 Å². The molecule has 1 amide bonds. The molecule has 148 valence electrons. The van der Waals surface area contributed by atoms with Crippen molar-refractivity contribution in [3.63, 3.8) is 0 Å². The molecule has 0 fully saturated rings. The Labute approximate surface area is 170 Å². The average molecular weight is 389 g/mol. The molecule has 0 saturated heterocycles. The molecule has 0 heterocycles. The minimum Gasteiger partial charge on any atom is -0.456 e. The van der Waals surface area contributed by atoms with Crippen LogP contribution in [0.15, 0.2) is 84.9 Å². The van der Waals surface area contributed by atoms with Crippen molar-refractivity contribution in [2.45, 2.75) is 19.6 Å². The minimum absolute atomic E-state index is 0.265. The van der Waals surface area contributed by atoms with Crippen LogP contribution in [0.2, 0.25) is 0 Å². The van der Waals surface area contributed by atoms with E-state index >= 15 is 0 Å². The lowest BCUT2D eigenvalue weighted by Gasteiger charge is -2.22. The van der Waals surface area contributed by atoms with E-state index < -0.39 is 12.1 Å². The highest BCUT2D eigenvalue weighted by Gasteiger charge is 2.24. The third-order valence-corrected chi connectivity index (χ3v) is 4.35. The molecule has 3 aromatic rings. The van der Waals surface area contributed by atoms with Crippen molar-refractivity contribution in [3.8, 4) is 11.5 Å². The molecule has 0 N–H and O–H groups in total. The van der Waals surface area contributed by atoms with Crippen molar-refractivity contribution in [3.05, 3.63) is 96.1 Å². The summed E-state index contributed by atoms with van der Waals surface area (Å²) in [7, 11) is 1.69. The van der Waals surface area contributed by atoms with E-state index in [-0.39, 0.29) is 11.5 Å². The Bertz CT molecular complexity index is 957. The average Bonchev–Trinajstić information content (AvgIpc) is 2.75. The van der Waals surface area contributed by atoms with Crippen LogP contribution < -0.4 is 4.74 Å². The molecule has 5 nitrogen and oxygen atoms in total. The van der Waals surface area contributed by atoms with E-state index in [4.69, 9.17) is 9.47 Å². The second kappa shape index (κ2) is 9.55. The molecular weight excluding hydrogens is 366 g/mol. The van der Waals surface area contributed by atoms with Gasteiger partial charge in [-0.2, -0.15) is 0 Å². The van der Waals surface area contributed by atoms with Crippen LogP contribution in [0, 0.1) is 0 Å². The van der Waals surface area contributed by atoms with E-state index in [0.717, 1.165) is 5.56 Å². The molecule has 0 aliphatic carbocycles. The van der Waals surface area contributed by atoms with Gasteiger partial charge < -0.3 is 14.4 Å². The molecule has 5 heteroatoms. The van der Waals surface area contributed by atoms with E-state index in [1.54, 1.807) is 55.3 Å². The highest BCUT2D eigenvalue weighted by molar-refractivity contribution is 5.94. The summed E-state index contributed by atoms with van der Waals surface area (Å²) in [5.74, 6) is 0.106. The molecule has 0 aliphatic rings. The van der Waals surface area contributed by atoms with Crippen LogP contribution in [-0.4, -0.2) is 29.9 Å². The van der Waals surface area contributed by atoms with E-state index in [1.807, 2.05) is 48.5 Å². The summed E-state index contributed by atoms with van der Waals surface area (Å²) in [4.78, 5) is 26.8. The standard InChI is InChI=1S/C24H23NO4/c1-18(23(26)25(2)17-19-11-5-3-6-12-19)28-24(27)21-15-9-10-16-22(21)29-20-13-7-4-8-14-20/h3-16,18H,17H2,1-2H3/t18-/m0/s1. The molecule has 0 aliphatic heterocycles. The van der Waals surface area contributed by atoms with Crippen molar-refractivity contribution in [1.29, 1.82) is 0 Å². The Morgan fingerprint density at radius 1 is 0.862 bits per heavy atom. The van der Waals surface area contributed by atoms with Crippen molar-refractivity contribution in [2.24, 2.45) is 0 Å². The van der Waals surface area contributed by atoms with E-state index in [0.29, 0.717) is 18.0 Å². The Hall–Kier alpha value is -3.60. The molecule has 3 aromatic carbocycles. The molecule has 3 rings (SSSR count). The van der Waals surface area contributed by atoms with E-state index in [1.165, 1.54) is 0 Å². The van der Waals surface area contributed by atoms with Crippen LogP contribution in [0.3, 0.4) is 0 Å². The summed E-state index contributed by atoms with van der Waals surface area (Å²) < 4.78 is 11.2. The van der Waals surface area contributed by atoms with Gasteiger partial charge in [-0.1, -0.05) is 60.7 Å². The van der Waals surface area contributed by atoms with Gasteiger partial charge in [-0.05, 0) is 36.8 Å². The number of rotatable bonds is 7. The summed E-state index contributed by atoms with van der Waals surface area (Å²) in [5, 5.41) is 0. The monoisotopic (exact) mass is 389 g/mol. The van der Waals surface area contributed by atoms with Gasteiger partial charge in [0.15, 0.2) is 6.10 Å². The lowest BCUT2D eigenvalue weighted by atomic mass is 10.2. The highest BCUT2D eigenvalue weighted by Crippen LogP contribution is 2.26. The first-order valence-corrected chi connectivity index (χ1v) is 9.36. The number of carbonyl (C=O) groups is 2. The number of nitrogens with zero attached hydrogens (tertiary/aromatic N) is 1. The zero-order valence-corrected chi connectivity index (χ0v) is 16.4. The van der Waals surface area contributed by atoms with Crippen LogP contribution >= 0.6 is 0 Å². The molecule has 0 spiro atoms. The minimum atomic E-state index is -0.916. The maximum Gasteiger partial charge on any atom is 0.342 e. The molecule has 1 atom stereocenters. The second-order valence-electron chi connectivity index (χ2n) is 6.64. The van der Waals surface area contributed by atoms with Gasteiger partial charge in [-0.25, -0.2) is 4.79 Å². The van der Waals surface area contributed by atoms with Gasteiger partial charge in [0.25, 0.3) is 5.91 Å². The van der Waals surface area contributed by atoms with Crippen molar-refractivity contribution < 1.29 is 19.1 Å². The predicted molar refractivity (Wildman–Crippen MR) is 111 cm³/mol. The zero-order valence-electron chi connectivity index (χ0n) is 16.4. The summed E-state index contributed by atoms with van der Waals surface area (Å²) in [6.45, 7) is 2.01. The second-order valence-corrected chi connectivity index (χ2v) is 6.64. The quantitative estimate of drug-likeness (QED) is 0.551. The molecular formula is C24H23NO4. The Balaban J connectivity index is 1.66. The number of esters is 1. The number of ether oxygens (including phenoxy) is 2. The van der Waals surface area contributed by atoms with Crippen LogP contribution in [0.4, 0.5) is 0 Å². The van der Waals surface area contributed by atoms with E-state index in [9.17, 15) is 9.59 Å². The van der Waals surface area contributed by atoms with Crippen LogP contribution in [-0.2, 0) is 16.1 Å². The molecule has 0 unspecified atom stereocenters. The van der Waals surface area contributed by atoms with Crippen LogP contribution in [0.25, 0.3) is 0 Å². The lowest BCUT2D eigenvalue weighted by molar-refractivity contribution is -0.139. The van der Waals surface area contributed by atoms with Crippen molar-refractivity contribution >= 4 is 11.9 Å². The summed E-state index contributed by atoms with van der Waals surface area (Å²) in [5.41, 5.74) is 1.27. The summed E-state index contributed by atoms with van der Waals surface area (Å²) in [6.07, 6.45) is -0.916. The topological polar surface area (TPSA) is 55.8 Å².